The van der Waals surface area contributed by atoms with Crippen molar-refractivity contribution in [3.8, 4) is 11.5 Å². The minimum atomic E-state index is -4.66. The van der Waals surface area contributed by atoms with Crippen molar-refractivity contribution in [2.45, 2.75) is 12.6 Å². The molecule has 3 rings (SSSR count). The Hall–Kier alpha value is -4.70. The predicted octanol–water partition coefficient (Wildman–Crippen LogP) is 3.86. The number of amides is 3. The number of hydrogen-bond acceptors (Lipinski definition) is 8. The number of esters is 1. The van der Waals surface area contributed by atoms with Crippen molar-refractivity contribution in [2.24, 2.45) is 5.73 Å². The second-order valence-corrected chi connectivity index (χ2v) is 9.91. The molecule has 0 aliphatic rings. The highest BCUT2D eigenvalue weighted by atomic mass is 32.2. The van der Waals surface area contributed by atoms with Crippen LogP contribution in [-0.2, 0) is 27.4 Å². The number of nitrogens with one attached hydrogen (secondary N) is 3. The van der Waals surface area contributed by atoms with E-state index in [0.29, 0.717) is 0 Å². The van der Waals surface area contributed by atoms with Crippen molar-refractivity contribution in [3.63, 3.8) is 0 Å². The molecular weight excluding hydrogens is 559 g/mol. The summed E-state index contributed by atoms with van der Waals surface area (Å²) in [5, 5.41) is 4.84. The van der Waals surface area contributed by atoms with Gasteiger partial charge in [0.1, 0.15) is 11.5 Å². The first-order valence-corrected chi connectivity index (χ1v) is 13.1. The van der Waals surface area contributed by atoms with Gasteiger partial charge in [-0.25, -0.2) is 32.5 Å². The average molecular weight is 582 g/mol. The summed E-state index contributed by atoms with van der Waals surface area (Å²) in [4.78, 5) is 38.8. The summed E-state index contributed by atoms with van der Waals surface area (Å²) in [5.41, 5.74) is 3.97. The number of aromatic nitrogens is 1. The molecule has 12 nitrogen and oxygen atoms in total. The molecule has 1 aromatic heterocycles. The number of urea groups is 1. The van der Waals surface area contributed by atoms with Gasteiger partial charge in [-0.05, 0) is 54.4 Å². The van der Waals surface area contributed by atoms with E-state index in [2.05, 4.69) is 25.1 Å². The van der Waals surface area contributed by atoms with Crippen LogP contribution in [0.4, 0.5) is 34.1 Å². The van der Waals surface area contributed by atoms with Crippen LogP contribution >= 0.6 is 0 Å². The molecular formula is C24H22F3N5O7S. The fourth-order valence-corrected chi connectivity index (χ4v) is 3.69. The number of anilines is 2. The van der Waals surface area contributed by atoms with Gasteiger partial charge >= 0.3 is 24.3 Å². The molecule has 0 fully saturated rings. The number of pyridine rings is 1. The van der Waals surface area contributed by atoms with Crippen LogP contribution in [0.15, 0.2) is 60.8 Å². The highest BCUT2D eigenvalue weighted by molar-refractivity contribution is 7.88. The van der Waals surface area contributed by atoms with Gasteiger partial charge in [-0.3, -0.25) is 0 Å². The van der Waals surface area contributed by atoms with E-state index in [1.165, 1.54) is 42.6 Å². The molecule has 0 aliphatic heterocycles. The van der Waals surface area contributed by atoms with Crippen molar-refractivity contribution in [1.82, 2.24) is 9.71 Å². The van der Waals surface area contributed by atoms with Crippen LogP contribution in [0.1, 0.15) is 21.6 Å². The summed E-state index contributed by atoms with van der Waals surface area (Å²) in [6.07, 6.45) is -3.75. The third kappa shape index (κ3) is 9.25. The summed E-state index contributed by atoms with van der Waals surface area (Å²) in [5.74, 6) is -0.615. The van der Waals surface area contributed by atoms with Crippen molar-refractivity contribution >= 4 is 39.5 Å². The Kier molecular flexibility index (Phi) is 9.28. The van der Waals surface area contributed by atoms with Gasteiger partial charge in [0.25, 0.3) is 0 Å². The number of halogens is 3. The molecule has 1 heterocycles. The van der Waals surface area contributed by atoms with E-state index >= 15 is 0 Å². The molecule has 0 radical (unpaired) electrons. The summed E-state index contributed by atoms with van der Waals surface area (Å²) in [6, 6.07) is 10.4. The zero-order chi connectivity index (χ0) is 29.5. The van der Waals surface area contributed by atoms with Gasteiger partial charge in [0, 0.05) is 30.2 Å². The van der Waals surface area contributed by atoms with E-state index in [-0.39, 0.29) is 47.1 Å². The lowest BCUT2D eigenvalue weighted by atomic mass is 10.1. The van der Waals surface area contributed by atoms with E-state index in [9.17, 15) is 36.0 Å². The van der Waals surface area contributed by atoms with Gasteiger partial charge in [0.2, 0.25) is 10.0 Å². The van der Waals surface area contributed by atoms with Crippen molar-refractivity contribution < 1.29 is 45.4 Å². The lowest BCUT2D eigenvalue weighted by Gasteiger charge is -2.15. The van der Waals surface area contributed by atoms with Crippen molar-refractivity contribution in [3.05, 3.63) is 77.6 Å². The zero-order valence-electron chi connectivity index (χ0n) is 20.6. The van der Waals surface area contributed by atoms with Gasteiger partial charge in [0.05, 0.1) is 11.8 Å². The predicted molar refractivity (Wildman–Crippen MR) is 136 cm³/mol. The second kappa shape index (κ2) is 12.4. The topological polar surface area (TPSA) is 179 Å². The van der Waals surface area contributed by atoms with E-state index in [1.807, 2.05) is 0 Å². The number of alkyl halides is 3. The molecule has 3 amide bonds. The molecule has 0 atom stereocenters. The number of carbonyl (C=O) groups excluding carboxylic acids is 3. The maximum atomic E-state index is 13.2. The summed E-state index contributed by atoms with van der Waals surface area (Å²) < 4.78 is 74.3. The minimum Gasteiger partial charge on any atom is -0.457 e. The number of nitrogens with two attached hydrogens (primary N) is 1. The number of benzene rings is 2. The van der Waals surface area contributed by atoms with Crippen molar-refractivity contribution in [2.75, 3.05) is 23.4 Å². The zero-order valence-corrected chi connectivity index (χ0v) is 21.4. The molecule has 5 N–H and O–H groups in total. The van der Waals surface area contributed by atoms with E-state index in [4.69, 9.17) is 10.5 Å². The fraction of sp³-hybridized carbons (Fsp3) is 0.167. The largest absolute Gasteiger partial charge is 0.457 e. The van der Waals surface area contributed by atoms with E-state index in [0.717, 1.165) is 24.5 Å². The number of nitrogens with zero attached hydrogens (tertiary/aromatic N) is 1. The van der Waals surface area contributed by atoms with Crippen LogP contribution in [0.2, 0.25) is 0 Å². The lowest BCUT2D eigenvalue weighted by Crippen LogP contribution is -2.25. The second-order valence-electron chi connectivity index (χ2n) is 8.08. The normalized spacial score (nSPS) is 11.4. The van der Waals surface area contributed by atoms with Crippen LogP contribution in [0.25, 0.3) is 0 Å². The molecule has 16 heteroatoms. The van der Waals surface area contributed by atoms with Gasteiger partial charge in [0.15, 0.2) is 5.69 Å². The molecule has 0 saturated carbocycles. The monoisotopic (exact) mass is 581 g/mol. The van der Waals surface area contributed by atoms with E-state index < -0.39 is 39.9 Å². The molecule has 212 valence electrons. The lowest BCUT2D eigenvalue weighted by molar-refractivity contribution is -0.137. The Morgan fingerprint density at radius 2 is 1.68 bits per heavy atom. The maximum Gasteiger partial charge on any atom is 0.416 e. The van der Waals surface area contributed by atoms with Gasteiger partial charge in [-0.15, -0.1) is 0 Å². The molecule has 3 aromatic rings. The first kappa shape index (κ1) is 29.9. The Morgan fingerprint density at radius 1 is 0.975 bits per heavy atom. The number of sulfonamides is 1. The summed E-state index contributed by atoms with van der Waals surface area (Å²) in [7, 11) is -3.52. The van der Waals surface area contributed by atoms with Crippen LogP contribution in [-0.4, -0.2) is 44.3 Å². The number of hydrogen-bond donors (Lipinski definition) is 4. The third-order valence-corrected chi connectivity index (χ3v) is 5.65. The Labute approximate surface area is 225 Å². The van der Waals surface area contributed by atoms with Crippen LogP contribution in [0, 0.1) is 0 Å². The molecule has 0 spiro atoms. The number of ether oxygens (including phenoxy) is 2. The summed E-state index contributed by atoms with van der Waals surface area (Å²) >= 11 is 0. The first-order valence-electron chi connectivity index (χ1n) is 11.2. The van der Waals surface area contributed by atoms with Crippen LogP contribution in [0.5, 0.6) is 11.5 Å². The Balaban J connectivity index is 1.67. The molecule has 40 heavy (non-hydrogen) atoms. The SMILES string of the molecule is CS(=O)(=O)NCCc1ccc(C(F)(F)F)cc1NC(=O)Nc1ccc(Oc2ccnc(C(=O)OC(N)=O)c2)cc1. The number of carbonyl (C=O) groups is 3. The molecule has 2 aromatic carbocycles. The van der Waals surface area contributed by atoms with Crippen LogP contribution < -0.4 is 25.8 Å². The minimum absolute atomic E-state index is 0.0177. The Bertz CT molecular complexity index is 1510. The van der Waals surface area contributed by atoms with E-state index in [1.54, 1.807) is 0 Å². The van der Waals surface area contributed by atoms with Crippen molar-refractivity contribution in [1.29, 1.82) is 0 Å². The Morgan fingerprint density at radius 3 is 2.30 bits per heavy atom. The molecule has 0 saturated heterocycles. The van der Waals surface area contributed by atoms with Gasteiger partial charge in [-0.2, -0.15) is 13.2 Å². The highest BCUT2D eigenvalue weighted by Gasteiger charge is 2.31. The number of primary amides is 1. The summed E-state index contributed by atoms with van der Waals surface area (Å²) in [6.45, 7) is -0.0900. The van der Waals surface area contributed by atoms with Gasteiger partial charge < -0.3 is 25.8 Å². The number of rotatable bonds is 9. The van der Waals surface area contributed by atoms with Gasteiger partial charge in [-0.1, -0.05) is 6.07 Å². The standard InChI is InChI=1S/C24H22F3N5O7S/c1-40(36,37)30-11-8-14-2-3-15(24(25,26)27)12-19(14)32-23(35)31-16-4-6-17(7-5-16)38-18-9-10-29-20(13-18)21(33)39-22(28)34/h2-7,9-10,12-13,30H,8,11H2,1H3,(H2,28,34)(H2,31,32,35). The third-order valence-electron chi connectivity index (χ3n) is 4.93. The fourth-order valence-electron chi connectivity index (χ4n) is 3.22. The molecule has 0 unspecified atom stereocenters. The van der Waals surface area contributed by atoms with Crippen LogP contribution in [0.3, 0.4) is 0 Å². The maximum absolute atomic E-state index is 13.2. The highest BCUT2D eigenvalue weighted by Crippen LogP contribution is 2.32. The molecule has 0 bridgehead atoms. The molecule has 0 aliphatic carbocycles. The smallest absolute Gasteiger partial charge is 0.416 e. The average Bonchev–Trinajstić information content (AvgIpc) is 2.84. The first-order chi connectivity index (χ1) is 18.7. The quantitative estimate of drug-likeness (QED) is 0.217.